The van der Waals surface area contributed by atoms with Gasteiger partial charge in [-0.3, -0.25) is 9.80 Å². The van der Waals surface area contributed by atoms with Crippen molar-refractivity contribution in [3.8, 4) is 0 Å². The van der Waals surface area contributed by atoms with Gasteiger partial charge in [0.1, 0.15) is 0 Å². The molecule has 0 saturated heterocycles. The molecule has 0 aliphatic carbocycles. The van der Waals surface area contributed by atoms with E-state index in [1.165, 1.54) is 5.01 Å². The summed E-state index contributed by atoms with van der Waals surface area (Å²) in [6, 6.07) is 7.31. The van der Waals surface area contributed by atoms with Gasteiger partial charge < -0.3 is 4.90 Å². The molecule has 0 saturated carbocycles. The molecule has 1 aliphatic rings. The number of nitrogens with two attached hydrogens (primary N) is 1. The first-order valence-electron chi connectivity index (χ1n) is 4.89. The summed E-state index contributed by atoms with van der Waals surface area (Å²) in [6.45, 7) is 0.652. The lowest BCUT2D eigenvalue weighted by Crippen LogP contribution is -2.53. The minimum absolute atomic E-state index is 0.467. The summed E-state index contributed by atoms with van der Waals surface area (Å²) in [4.78, 5) is 12.9. The van der Waals surface area contributed by atoms with Gasteiger partial charge in [-0.15, -0.1) is 0 Å². The first-order valence-corrected chi connectivity index (χ1v) is 5.27. The number of benzene rings is 1. The van der Waals surface area contributed by atoms with Crippen molar-refractivity contribution in [2.75, 3.05) is 11.4 Å². The van der Waals surface area contributed by atoms with E-state index in [0.29, 0.717) is 11.6 Å². The number of hydrogen-bond donors (Lipinski definition) is 1. The van der Waals surface area contributed by atoms with Crippen molar-refractivity contribution >= 4 is 23.6 Å². The third kappa shape index (κ3) is 2.03. The Hall–Kier alpha value is -1.52. The summed E-state index contributed by atoms with van der Waals surface area (Å²) in [5.74, 6) is 5.69. The standard InChI is InChI=1S/C11H12ClN3O/c12-9-2-4-10(5-3-9)14-6-1-7-15(13)11(14)8-16/h1-5,7-8,11H,6,13H2. The number of rotatable bonds is 2. The molecule has 4 nitrogen and oxygen atoms in total. The lowest BCUT2D eigenvalue weighted by Gasteiger charge is -2.37. The van der Waals surface area contributed by atoms with Gasteiger partial charge in [-0.2, -0.15) is 0 Å². The quantitative estimate of drug-likeness (QED) is 0.624. The maximum absolute atomic E-state index is 11.0. The number of nitrogens with zero attached hydrogens (tertiary/aromatic N) is 2. The number of carbonyl (C=O) groups is 1. The minimum atomic E-state index is -0.467. The number of hydrazine groups is 1. The monoisotopic (exact) mass is 237 g/mol. The van der Waals surface area contributed by atoms with Gasteiger partial charge in [0.25, 0.3) is 0 Å². The molecule has 1 aromatic rings. The number of halogens is 1. The van der Waals surface area contributed by atoms with Crippen LogP contribution in [0.15, 0.2) is 36.5 Å². The fourth-order valence-corrected chi connectivity index (χ4v) is 1.80. The lowest BCUT2D eigenvalue weighted by atomic mass is 10.2. The van der Waals surface area contributed by atoms with Crippen molar-refractivity contribution in [2.24, 2.45) is 5.84 Å². The Labute approximate surface area is 98.9 Å². The summed E-state index contributed by atoms with van der Waals surface area (Å²) >= 11 is 5.81. The smallest absolute Gasteiger partial charge is 0.172 e. The molecule has 84 valence electrons. The minimum Gasteiger partial charge on any atom is -0.340 e. The molecule has 1 atom stereocenters. The van der Waals surface area contributed by atoms with Crippen molar-refractivity contribution < 1.29 is 4.79 Å². The zero-order valence-electron chi connectivity index (χ0n) is 8.58. The second-order valence-corrected chi connectivity index (χ2v) is 3.95. The molecule has 5 heteroatoms. The SMILES string of the molecule is NN1C=CCN(c2ccc(Cl)cc2)C1C=O. The van der Waals surface area contributed by atoms with Gasteiger partial charge in [-0.05, 0) is 30.3 Å². The van der Waals surface area contributed by atoms with Crippen LogP contribution in [-0.4, -0.2) is 24.0 Å². The molecule has 2 N–H and O–H groups in total. The molecular weight excluding hydrogens is 226 g/mol. The Balaban J connectivity index is 2.29. The molecule has 0 aromatic heterocycles. The fraction of sp³-hybridized carbons (Fsp3) is 0.182. The summed E-state index contributed by atoms with van der Waals surface area (Å²) < 4.78 is 0. The third-order valence-corrected chi connectivity index (χ3v) is 2.74. The van der Waals surface area contributed by atoms with Crippen LogP contribution in [-0.2, 0) is 4.79 Å². The van der Waals surface area contributed by atoms with Crippen molar-refractivity contribution in [1.29, 1.82) is 0 Å². The van der Waals surface area contributed by atoms with Crippen LogP contribution in [0.4, 0.5) is 5.69 Å². The molecule has 1 unspecified atom stereocenters. The number of aldehydes is 1. The molecule has 0 amide bonds. The van der Waals surface area contributed by atoms with E-state index in [2.05, 4.69) is 0 Å². The molecule has 0 bridgehead atoms. The highest BCUT2D eigenvalue weighted by atomic mass is 35.5. The molecule has 1 heterocycles. The number of carbonyl (C=O) groups excluding carboxylic acids is 1. The van der Waals surface area contributed by atoms with E-state index < -0.39 is 6.17 Å². The van der Waals surface area contributed by atoms with E-state index in [9.17, 15) is 4.79 Å². The van der Waals surface area contributed by atoms with Crippen molar-refractivity contribution in [1.82, 2.24) is 5.01 Å². The highest BCUT2D eigenvalue weighted by Gasteiger charge is 2.23. The van der Waals surface area contributed by atoms with E-state index in [4.69, 9.17) is 17.4 Å². The third-order valence-electron chi connectivity index (χ3n) is 2.48. The lowest BCUT2D eigenvalue weighted by molar-refractivity contribution is -0.111. The van der Waals surface area contributed by atoms with Crippen molar-refractivity contribution in [2.45, 2.75) is 6.17 Å². The van der Waals surface area contributed by atoms with Crippen LogP contribution in [0.25, 0.3) is 0 Å². The number of hydrogen-bond acceptors (Lipinski definition) is 4. The molecule has 1 aromatic carbocycles. The largest absolute Gasteiger partial charge is 0.340 e. The Morgan fingerprint density at radius 3 is 2.69 bits per heavy atom. The first kappa shape index (κ1) is 11.0. The topological polar surface area (TPSA) is 49.6 Å². The Morgan fingerprint density at radius 1 is 1.38 bits per heavy atom. The summed E-state index contributed by atoms with van der Waals surface area (Å²) in [6.07, 6.45) is 3.95. The Morgan fingerprint density at radius 2 is 2.06 bits per heavy atom. The van der Waals surface area contributed by atoms with E-state index >= 15 is 0 Å². The van der Waals surface area contributed by atoms with Gasteiger partial charge in [0.2, 0.25) is 0 Å². The summed E-state index contributed by atoms with van der Waals surface area (Å²) in [5.41, 5.74) is 0.918. The van der Waals surface area contributed by atoms with Crippen LogP contribution in [0, 0.1) is 0 Å². The van der Waals surface area contributed by atoms with Crippen LogP contribution < -0.4 is 10.7 Å². The van der Waals surface area contributed by atoms with Crippen molar-refractivity contribution in [3.05, 3.63) is 41.6 Å². The predicted octanol–water partition coefficient (Wildman–Crippen LogP) is 1.37. The maximum Gasteiger partial charge on any atom is 0.172 e. The highest BCUT2D eigenvalue weighted by molar-refractivity contribution is 6.30. The molecule has 0 spiro atoms. The summed E-state index contributed by atoms with van der Waals surface area (Å²) in [7, 11) is 0. The van der Waals surface area contributed by atoms with Gasteiger partial charge in [-0.25, -0.2) is 5.84 Å². The molecule has 16 heavy (non-hydrogen) atoms. The molecule has 0 fully saturated rings. The molecular formula is C11H12ClN3O. The van der Waals surface area contributed by atoms with Gasteiger partial charge in [0, 0.05) is 23.5 Å². The maximum atomic E-state index is 11.0. The van der Waals surface area contributed by atoms with Crippen LogP contribution in [0.3, 0.4) is 0 Å². The van der Waals surface area contributed by atoms with Gasteiger partial charge in [0.15, 0.2) is 12.5 Å². The Bertz CT molecular complexity index is 404. The zero-order valence-corrected chi connectivity index (χ0v) is 9.34. The summed E-state index contributed by atoms with van der Waals surface area (Å²) in [5, 5.41) is 2.05. The normalized spacial score (nSPS) is 20.0. The highest BCUT2D eigenvalue weighted by Crippen LogP contribution is 2.21. The molecule has 2 rings (SSSR count). The predicted molar refractivity (Wildman–Crippen MR) is 63.8 cm³/mol. The average molecular weight is 238 g/mol. The molecule has 0 radical (unpaired) electrons. The molecule has 1 aliphatic heterocycles. The van der Waals surface area contributed by atoms with Crippen molar-refractivity contribution in [3.63, 3.8) is 0 Å². The van der Waals surface area contributed by atoms with Gasteiger partial charge >= 0.3 is 0 Å². The van der Waals surface area contributed by atoms with E-state index in [-0.39, 0.29) is 0 Å². The van der Waals surface area contributed by atoms with E-state index in [1.54, 1.807) is 18.3 Å². The zero-order chi connectivity index (χ0) is 11.5. The first-order chi connectivity index (χ1) is 7.72. The second kappa shape index (κ2) is 4.55. The Kier molecular flexibility index (Phi) is 3.12. The van der Waals surface area contributed by atoms with Crippen LogP contribution in [0.2, 0.25) is 5.02 Å². The van der Waals surface area contributed by atoms with E-state index in [0.717, 1.165) is 12.0 Å². The van der Waals surface area contributed by atoms with Crippen LogP contribution >= 0.6 is 11.6 Å². The van der Waals surface area contributed by atoms with Gasteiger partial charge in [0.05, 0.1) is 0 Å². The average Bonchev–Trinajstić information content (AvgIpc) is 2.30. The van der Waals surface area contributed by atoms with Crippen LogP contribution in [0.5, 0.6) is 0 Å². The van der Waals surface area contributed by atoms with Gasteiger partial charge in [-0.1, -0.05) is 11.6 Å². The van der Waals surface area contributed by atoms with E-state index in [1.807, 2.05) is 23.1 Å². The fourth-order valence-electron chi connectivity index (χ4n) is 1.67. The second-order valence-electron chi connectivity index (χ2n) is 3.51. The number of anilines is 1. The van der Waals surface area contributed by atoms with Crippen LogP contribution in [0.1, 0.15) is 0 Å².